The Labute approximate surface area is 173 Å². The fourth-order valence-electron chi connectivity index (χ4n) is 4.29. The van der Waals surface area contributed by atoms with Crippen LogP contribution < -0.4 is 5.32 Å². The SMILES string of the molecule is C=CC(CC)C1CC(=O)N(CCNCCN2C(=O)CC(C(C=C)CC)C2=O)C1=O. The van der Waals surface area contributed by atoms with Gasteiger partial charge in [-0.3, -0.25) is 29.0 Å². The number of carbonyl (C=O) groups is 4. The van der Waals surface area contributed by atoms with E-state index < -0.39 is 0 Å². The maximum Gasteiger partial charge on any atom is 0.233 e. The lowest BCUT2D eigenvalue weighted by Gasteiger charge is -2.20. The Kier molecular flexibility index (Phi) is 8.32. The van der Waals surface area contributed by atoms with Crippen molar-refractivity contribution >= 4 is 23.6 Å². The molecule has 7 nitrogen and oxygen atoms in total. The number of amides is 4. The van der Waals surface area contributed by atoms with Crippen LogP contribution in [0.1, 0.15) is 39.5 Å². The van der Waals surface area contributed by atoms with Crippen molar-refractivity contribution in [1.82, 2.24) is 15.1 Å². The summed E-state index contributed by atoms with van der Waals surface area (Å²) in [6, 6.07) is 0. The fraction of sp³-hybridized carbons (Fsp3) is 0.636. The number of imide groups is 2. The summed E-state index contributed by atoms with van der Waals surface area (Å²) in [6.07, 6.45) is 5.55. The number of nitrogens with zero attached hydrogens (tertiary/aromatic N) is 2. The number of likely N-dealkylation sites (tertiary alicyclic amines) is 2. The summed E-state index contributed by atoms with van der Waals surface area (Å²) in [4.78, 5) is 52.0. The largest absolute Gasteiger partial charge is 0.313 e. The second kappa shape index (κ2) is 10.5. The summed E-state index contributed by atoms with van der Waals surface area (Å²) in [5, 5.41) is 3.13. The first-order valence-corrected chi connectivity index (χ1v) is 10.5. The molecule has 29 heavy (non-hydrogen) atoms. The van der Waals surface area contributed by atoms with Gasteiger partial charge in [0, 0.05) is 39.0 Å². The van der Waals surface area contributed by atoms with Crippen LogP contribution in [-0.2, 0) is 19.2 Å². The first kappa shape index (κ1) is 23.0. The highest BCUT2D eigenvalue weighted by Gasteiger charge is 2.42. The molecular formula is C22H33N3O4. The van der Waals surface area contributed by atoms with E-state index in [0.29, 0.717) is 26.2 Å². The molecule has 4 atom stereocenters. The molecule has 0 radical (unpaired) electrons. The zero-order chi connectivity index (χ0) is 21.6. The molecule has 2 aliphatic heterocycles. The maximum atomic E-state index is 12.5. The van der Waals surface area contributed by atoms with Crippen molar-refractivity contribution in [2.45, 2.75) is 39.5 Å². The van der Waals surface area contributed by atoms with Gasteiger partial charge in [0.1, 0.15) is 0 Å². The number of allylic oxidation sites excluding steroid dienone is 2. The topological polar surface area (TPSA) is 86.8 Å². The quantitative estimate of drug-likeness (QED) is 0.305. The van der Waals surface area contributed by atoms with Crippen LogP contribution in [0.2, 0.25) is 0 Å². The molecule has 0 aromatic carbocycles. The monoisotopic (exact) mass is 403 g/mol. The summed E-state index contributed by atoms with van der Waals surface area (Å²) in [6.45, 7) is 12.9. The average molecular weight is 404 g/mol. The van der Waals surface area contributed by atoms with Crippen molar-refractivity contribution in [3.63, 3.8) is 0 Å². The van der Waals surface area contributed by atoms with Crippen molar-refractivity contribution in [3.05, 3.63) is 25.3 Å². The van der Waals surface area contributed by atoms with Gasteiger partial charge < -0.3 is 5.32 Å². The van der Waals surface area contributed by atoms with E-state index in [9.17, 15) is 19.2 Å². The minimum Gasteiger partial charge on any atom is -0.313 e. The van der Waals surface area contributed by atoms with E-state index in [-0.39, 0.29) is 60.1 Å². The van der Waals surface area contributed by atoms with Crippen LogP contribution in [-0.4, -0.2) is 59.6 Å². The van der Waals surface area contributed by atoms with Crippen LogP contribution in [0.4, 0.5) is 0 Å². The van der Waals surface area contributed by atoms with Gasteiger partial charge in [-0.25, -0.2) is 0 Å². The van der Waals surface area contributed by atoms with Crippen molar-refractivity contribution < 1.29 is 19.2 Å². The zero-order valence-corrected chi connectivity index (χ0v) is 17.6. The van der Waals surface area contributed by atoms with Gasteiger partial charge in [-0.15, -0.1) is 13.2 Å². The number of nitrogens with one attached hydrogen (secondary N) is 1. The van der Waals surface area contributed by atoms with E-state index in [1.165, 1.54) is 9.80 Å². The van der Waals surface area contributed by atoms with Crippen molar-refractivity contribution in [1.29, 1.82) is 0 Å². The van der Waals surface area contributed by atoms with Crippen molar-refractivity contribution in [3.8, 4) is 0 Å². The Morgan fingerprint density at radius 3 is 1.55 bits per heavy atom. The maximum absolute atomic E-state index is 12.5. The summed E-state index contributed by atoms with van der Waals surface area (Å²) >= 11 is 0. The Morgan fingerprint density at radius 2 is 1.24 bits per heavy atom. The van der Waals surface area contributed by atoms with Gasteiger partial charge in [-0.05, 0) is 24.7 Å². The lowest BCUT2D eigenvalue weighted by Crippen LogP contribution is -2.41. The van der Waals surface area contributed by atoms with Gasteiger partial charge in [0.05, 0.1) is 11.8 Å². The minimum atomic E-state index is -0.307. The molecular weight excluding hydrogens is 370 g/mol. The van der Waals surface area contributed by atoms with Gasteiger partial charge in [0.15, 0.2) is 0 Å². The highest BCUT2D eigenvalue weighted by molar-refractivity contribution is 6.04. The Morgan fingerprint density at radius 1 is 0.862 bits per heavy atom. The van der Waals surface area contributed by atoms with Crippen LogP contribution in [0.25, 0.3) is 0 Å². The molecule has 0 aromatic rings. The van der Waals surface area contributed by atoms with E-state index >= 15 is 0 Å². The van der Waals surface area contributed by atoms with Crippen molar-refractivity contribution in [2.75, 3.05) is 26.2 Å². The fourth-order valence-corrected chi connectivity index (χ4v) is 4.29. The van der Waals surface area contributed by atoms with Crippen LogP contribution in [0.3, 0.4) is 0 Å². The van der Waals surface area contributed by atoms with Gasteiger partial charge in [-0.1, -0.05) is 26.0 Å². The van der Waals surface area contributed by atoms with Gasteiger partial charge >= 0.3 is 0 Å². The lowest BCUT2D eigenvalue weighted by molar-refractivity contribution is -0.140. The third-order valence-corrected chi connectivity index (χ3v) is 6.16. The van der Waals surface area contributed by atoms with Crippen LogP contribution >= 0.6 is 0 Å². The van der Waals surface area contributed by atoms with Gasteiger partial charge in [0.25, 0.3) is 0 Å². The van der Waals surface area contributed by atoms with Crippen LogP contribution in [0.5, 0.6) is 0 Å². The first-order valence-electron chi connectivity index (χ1n) is 10.5. The Balaban J connectivity index is 1.77. The molecule has 0 saturated carbocycles. The molecule has 2 saturated heterocycles. The van der Waals surface area contributed by atoms with Crippen molar-refractivity contribution in [2.24, 2.45) is 23.7 Å². The third-order valence-electron chi connectivity index (χ3n) is 6.16. The molecule has 4 amide bonds. The molecule has 2 fully saturated rings. The molecule has 0 spiro atoms. The van der Waals surface area contributed by atoms with Gasteiger partial charge in [0.2, 0.25) is 23.6 Å². The Hall–Kier alpha value is -2.28. The number of hydrogen-bond acceptors (Lipinski definition) is 5. The van der Waals surface area contributed by atoms with E-state index in [2.05, 4.69) is 18.5 Å². The molecule has 1 N–H and O–H groups in total. The van der Waals surface area contributed by atoms with E-state index in [1.807, 2.05) is 13.8 Å². The molecule has 2 aliphatic rings. The zero-order valence-electron chi connectivity index (χ0n) is 17.6. The molecule has 7 heteroatoms. The summed E-state index contributed by atoms with van der Waals surface area (Å²) < 4.78 is 0. The standard InChI is InChI=1S/C22H33N3O4/c1-5-15(6-2)17-13-19(26)24(21(17)28)11-9-23-10-12-25-20(27)14-18(22(25)29)16(7-3)8-4/h5,7,15-18,23H,1,3,6,8-14H2,2,4H3. The summed E-state index contributed by atoms with van der Waals surface area (Å²) in [5.74, 6) is -1.14. The number of hydrogen-bond donors (Lipinski definition) is 1. The molecule has 160 valence electrons. The molecule has 2 heterocycles. The highest BCUT2D eigenvalue weighted by Crippen LogP contribution is 2.30. The molecule has 0 aromatic heterocycles. The number of rotatable bonds is 12. The third kappa shape index (κ3) is 5.01. The van der Waals surface area contributed by atoms with Crippen LogP contribution in [0.15, 0.2) is 25.3 Å². The van der Waals surface area contributed by atoms with Gasteiger partial charge in [-0.2, -0.15) is 0 Å². The smallest absolute Gasteiger partial charge is 0.233 e. The summed E-state index contributed by atoms with van der Waals surface area (Å²) in [5.41, 5.74) is 0. The number of carbonyl (C=O) groups excluding carboxylic acids is 4. The second-order valence-corrected chi connectivity index (χ2v) is 7.75. The summed E-state index contributed by atoms with van der Waals surface area (Å²) in [7, 11) is 0. The lowest BCUT2D eigenvalue weighted by atomic mass is 9.89. The second-order valence-electron chi connectivity index (χ2n) is 7.75. The predicted molar refractivity (Wildman–Crippen MR) is 110 cm³/mol. The molecule has 2 rings (SSSR count). The van der Waals surface area contributed by atoms with E-state index in [4.69, 9.17) is 0 Å². The van der Waals surface area contributed by atoms with E-state index in [0.717, 1.165) is 12.8 Å². The first-order chi connectivity index (χ1) is 13.9. The van der Waals surface area contributed by atoms with Crippen LogP contribution in [0, 0.1) is 23.7 Å². The molecule has 0 bridgehead atoms. The molecule has 0 aliphatic carbocycles. The minimum absolute atomic E-state index is 0.0204. The van der Waals surface area contributed by atoms with E-state index in [1.54, 1.807) is 12.2 Å². The Bertz CT molecular complexity index is 619. The highest BCUT2D eigenvalue weighted by atomic mass is 16.2. The average Bonchev–Trinajstić information content (AvgIpc) is 3.14. The molecule has 4 unspecified atom stereocenters. The predicted octanol–water partition coefficient (Wildman–Crippen LogP) is 1.75. The normalized spacial score (nSPS) is 24.3.